The van der Waals surface area contributed by atoms with Gasteiger partial charge in [0.25, 0.3) is 0 Å². The molecule has 0 amide bonds. The maximum Gasteiger partial charge on any atom is 0.328 e. The molecule has 0 bridgehead atoms. The Balaban J connectivity index is 1.95. The third kappa shape index (κ3) is 4.22. The minimum absolute atomic E-state index is 0.0136. The maximum atomic E-state index is 10.4. The Morgan fingerprint density at radius 1 is 1.30 bits per heavy atom. The van der Waals surface area contributed by atoms with E-state index in [0.717, 1.165) is 21.4 Å². The Kier molecular flexibility index (Phi) is 4.92. The molecule has 0 aliphatic rings. The van der Waals surface area contributed by atoms with E-state index in [-0.39, 0.29) is 6.61 Å². The van der Waals surface area contributed by atoms with Gasteiger partial charge in [0.15, 0.2) is 0 Å². The minimum Gasteiger partial charge on any atom is -0.488 e. The highest BCUT2D eigenvalue weighted by Crippen LogP contribution is 2.21. The number of carbonyl (C=O) groups is 1. The monoisotopic (exact) mass is 290 g/mol. The van der Waals surface area contributed by atoms with Crippen molar-refractivity contribution in [3.05, 3.63) is 57.8 Å². The van der Waals surface area contributed by atoms with E-state index in [0.29, 0.717) is 12.4 Å². The molecule has 2 aromatic rings. The Bertz CT molecular complexity index is 616. The number of hydrogen-bond donors (Lipinski definition) is 2. The lowest BCUT2D eigenvalue weighted by Gasteiger charge is -2.05. The van der Waals surface area contributed by atoms with Gasteiger partial charge in [-0.25, -0.2) is 4.79 Å². The van der Waals surface area contributed by atoms with Crippen molar-refractivity contribution < 1.29 is 19.7 Å². The summed E-state index contributed by atoms with van der Waals surface area (Å²) in [5.41, 5.74) is 0.804. The number of rotatable bonds is 6. The average Bonchev–Trinajstić information content (AvgIpc) is 2.91. The van der Waals surface area contributed by atoms with Crippen LogP contribution in [-0.2, 0) is 18.0 Å². The Hall–Kier alpha value is -2.11. The molecule has 1 aromatic carbocycles. The first-order chi connectivity index (χ1) is 9.67. The van der Waals surface area contributed by atoms with Gasteiger partial charge < -0.3 is 14.9 Å². The summed E-state index contributed by atoms with van der Waals surface area (Å²) in [6.45, 7) is 0.404. The summed E-state index contributed by atoms with van der Waals surface area (Å²) in [7, 11) is 0. The van der Waals surface area contributed by atoms with E-state index in [2.05, 4.69) is 0 Å². The normalized spacial score (nSPS) is 10.8. The molecular weight excluding hydrogens is 276 g/mol. The van der Waals surface area contributed by atoms with Crippen LogP contribution in [0.2, 0.25) is 0 Å². The van der Waals surface area contributed by atoms with E-state index < -0.39 is 5.97 Å². The van der Waals surface area contributed by atoms with Gasteiger partial charge in [0.1, 0.15) is 12.4 Å². The first kappa shape index (κ1) is 14.3. The van der Waals surface area contributed by atoms with Crippen molar-refractivity contribution in [2.24, 2.45) is 0 Å². The summed E-state index contributed by atoms with van der Waals surface area (Å²) in [5, 5.41) is 17.6. The molecular formula is C15H14O4S. The number of thiophene rings is 1. The highest BCUT2D eigenvalue weighted by Gasteiger charge is 2.01. The van der Waals surface area contributed by atoms with Crippen LogP contribution in [0.4, 0.5) is 0 Å². The summed E-state index contributed by atoms with van der Waals surface area (Å²) in [4.78, 5) is 12.3. The van der Waals surface area contributed by atoms with Gasteiger partial charge in [-0.1, -0.05) is 12.1 Å². The molecule has 0 spiro atoms. The lowest BCUT2D eigenvalue weighted by atomic mass is 10.2. The topological polar surface area (TPSA) is 66.8 Å². The van der Waals surface area contributed by atoms with Crippen molar-refractivity contribution in [3.8, 4) is 5.75 Å². The highest BCUT2D eigenvalue weighted by molar-refractivity contribution is 7.12. The predicted molar refractivity (Wildman–Crippen MR) is 77.7 cm³/mol. The molecule has 0 aliphatic carbocycles. The number of aliphatic hydroxyl groups is 1. The van der Waals surface area contributed by atoms with Crippen LogP contribution >= 0.6 is 11.3 Å². The molecule has 0 fully saturated rings. The summed E-state index contributed by atoms with van der Waals surface area (Å²) < 4.78 is 5.63. The van der Waals surface area contributed by atoms with E-state index in [9.17, 15) is 4.79 Å². The minimum atomic E-state index is -0.961. The number of hydrogen-bond acceptors (Lipinski definition) is 4. The van der Waals surface area contributed by atoms with Crippen LogP contribution in [0.5, 0.6) is 5.75 Å². The van der Waals surface area contributed by atoms with Gasteiger partial charge in [-0.05, 0) is 35.9 Å². The zero-order valence-electron chi connectivity index (χ0n) is 10.7. The maximum absolute atomic E-state index is 10.4. The molecule has 2 rings (SSSR count). The molecule has 4 nitrogen and oxygen atoms in total. The van der Waals surface area contributed by atoms with Gasteiger partial charge in [-0.3, -0.25) is 0 Å². The van der Waals surface area contributed by atoms with E-state index in [1.165, 1.54) is 11.3 Å². The van der Waals surface area contributed by atoms with Gasteiger partial charge in [0.2, 0.25) is 0 Å². The number of aliphatic carboxylic acids is 1. The molecule has 5 heteroatoms. The molecule has 1 aromatic heterocycles. The third-order valence-corrected chi connectivity index (χ3v) is 3.56. The largest absolute Gasteiger partial charge is 0.488 e. The average molecular weight is 290 g/mol. The fourth-order valence-corrected chi connectivity index (χ4v) is 2.43. The second-order valence-electron chi connectivity index (χ2n) is 4.07. The third-order valence-electron chi connectivity index (χ3n) is 2.53. The fourth-order valence-electron chi connectivity index (χ4n) is 1.60. The number of carboxylic acids is 1. The molecule has 0 radical (unpaired) electrons. The van der Waals surface area contributed by atoms with Crippen molar-refractivity contribution in [1.29, 1.82) is 0 Å². The standard InChI is InChI=1S/C15H14O4S/c16-9-11-2-1-3-12(8-11)19-10-14-5-4-13(20-14)6-7-15(17)18/h1-8,16H,9-10H2,(H,17,18). The second kappa shape index (κ2) is 6.88. The summed E-state index contributed by atoms with van der Waals surface area (Å²) in [6.07, 6.45) is 2.67. The van der Waals surface area contributed by atoms with Gasteiger partial charge in [-0.15, -0.1) is 11.3 Å². The molecule has 0 atom stereocenters. The number of carboxylic acid groups (broad SMARTS) is 1. The summed E-state index contributed by atoms with van der Waals surface area (Å²) in [5.74, 6) is -0.260. The van der Waals surface area contributed by atoms with Crippen molar-refractivity contribution in [1.82, 2.24) is 0 Å². The lowest BCUT2D eigenvalue weighted by molar-refractivity contribution is -0.131. The number of benzene rings is 1. The van der Waals surface area contributed by atoms with Crippen LogP contribution in [0.25, 0.3) is 6.08 Å². The molecule has 0 saturated heterocycles. The molecule has 2 N–H and O–H groups in total. The second-order valence-corrected chi connectivity index (χ2v) is 5.27. The first-order valence-corrected chi connectivity index (χ1v) is 6.81. The van der Waals surface area contributed by atoms with E-state index >= 15 is 0 Å². The van der Waals surface area contributed by atoms with E-state index in [1.54, 1.807) is 12.1 Å². The summed E-state index contributed by atoms with van der Waals surface area (Å²) >= 11 is 1.48. The quantitative estimate of drug-likeness (QED) is 0.803. The van der Waals surface area contributed by atoms with Crippen LogP contribution in [-0.4, -0.2) is 16.2 Å². The Morgan fingerprint density at radius 3 is 2.90 bits per heavy atom. The van der Waals surface area contributed by atoms with Gasteiger partial charge in [-0.2, -0.15) is 0 Å². The number of ether oxygens (including phenoxy) is 1. The van der Waals surface area contributed by atoms with Crippen molar-refractivity contribution >= 4 is 23.4 Å². The van der Waals surface area contributed by atoms with Crippen molar-refractivity contribution in [2.45, 2.75) is 13.2 Å². The van der Waals surface area contributed by atoms with Crippen LogP contribution in [0.1, 0.15) is 15.3 Å². The van der Waals surface area contributed by atoms with Crippen LogP contribution in [0.15, 0.2) is 42.5 Å². The van der Waals surface area contributed by atoms with Crippen molar-refractivity contribution in [3.63, 3.8) is 0 Å². The summed E-state index contributed by atoms with van der Waals surface area (Å²) in [6, 6.07) is 11.0. The van der Waals surface area contributed by atoms with Crippen LogP contribution in [0, 0.1) is 0 Å². The molecule has 0 saturated carbocycles. The first-order valence-electron chi connectivity index (χ1n) is 5.99. The Labute approximate surface area is 120 Å². The molecule has 0 aliphatic heterocycles. The van der Waals surface area contributed by atoms with Gasteiger partial charge in [0, 0.05) is 15.8 Å². The lowest BCUT2D eigenvalue weighted by Crippen LogP contribution is -1.93. The van der Waals surface area contributed by atoms with Gasteiger partial charge in [0.05, 0.1) is 6.61 Å². The zero-order valence-corrected chi connectivity index (χ0v) is 11.5. The smallest absolute Gasteiger partial charge is 0.328 e. The van der Waals surface area contributed by atoms with E-state index in [1.807, 2.05) is 30.3 Å². The molecule has 1 heterocycles. The Morgan fingerprint density at radius 2 is 2.15 bits per heavy atom. The van der Waals surface area contributed by atoms with Crippen molar-refractivity contribution in [2.75, 3.05) is 0 Å². The number of aliphatic hydroxyl groups excluding tert-OH is 1. The van der Waals surface area contributed by atoms with Crippen LogP contribution in [0.3, 0.4) is 0 Å². The predicted octanol–water partition coefficient (Wildman–Crippen LogP) is 2.92. The fraction of sp³-hybridized carbons (Fsp3) is 0.133. The SMILES string of the molecule is O=C(O)C=Cc1ccc(COc2cccc(CO)c2)s1. The molecule has 20 heavy (non-hydrogen) atoms. The molecule has 104 valence electrons. The van der Waals surface area contributed by atoms with Gasteiger partial charge >= 0.3 is 5.97 Å². The molecule has 0 unspecified atom stereocenters. The van der Waals surface area contributed by atoms with E-state index in [4.69, 9.17) is 14.9 Å². The van der Waals surface area contributed by atoms with Crippen LogP contribution < -0.4 is 4.74 Å². The zero-order chi connectivity index (χ0) is 14.4. The highest BCUT2D eigenvalue weighted by atomic mass is 32.1.